The Hall–Kier alpha value is -3.48. The van der Waals surface area contributed by atoms with Crippen LogP contribution in [0.15, 0.2) is 52.1 Å². The molecular formula is C18H13N3O4. The minimum Gasteiger partial charge on any atom is -0.268 e. The third kappa shape index (κ3) is 1.86. The number of carbonyl (C=O) groups excluding carboxylic acids is 2. The first-order valence-corrected chi connectivity index (χ1v) is 7.60. The Bertz CT molecular complexity index is 1170. The lowest BCUT2D eigenvalue weighted by atomic mass is 10.1. The lowest BCUT2D eigenvalue weighted by Crippen LogP contribution is -2.37. The van der Waals surface area contributed by atoms with Gasteiger partial charge in [-0.3, -0.25) is 28.5 Å². The van der Waals surface area contributed by atoms with E-state index in [1.807, 2.05) is 0 Å². The van der Waals surface area contributed by atoms with Crippen molar-refractivity contribution in [3.05, 3.63) is 74.3 Å². The van der Waals surface area contributed by atoms with Gasteiger partial charge in [-0.25, -0.2) is 4.90 Å². The summed E-state index contributed by atoms with van der Waals surface area (Å²) < 4.78 is 2.35. The van der Waals surface area contributed by atoms with Gasteiger partial charge < -0.3 is 0 Å². The van der Waals surface area contributed by atoms with Crippen molar-refractivity contribution in [3.8, 4) is 0 Å². The maximum Gasteiger partial charge on any atom is 0.275 e. The molecule has 1 aliphatic heterocycles. The maximum atomic E-state index is 12.7. The summed E-state index contributed by atoms with van der Waals surface area (Å²) in [5.74, 6) is -1.01. The van der Waals surface area contributed by atoms with Crippen molar-refractivity contribution in [2.24, 2.45) is 14.1 Å². The lowest BCUT2D eigenvalue weighted by molar-refractivity contribution is 0.0926. The van der Waals surface area contributed by atoms with Gasteiger partial charge in [0.15, 0.2) is 0 Å². The number of carbonyl (C=O) groups is 2. The van der Waals surface area contributed by atoms with Crippen LogP contribution in [-0.4, -0.2) is 21.2 Å². The van der Waals surface area contributed by atoms with Crippen LogP contribution in [0.5, 0.6) is 0 Å². The normalized spacial score (nSPS) is 13.6. The van der Waals surface area contributed by atoms with E-state index in [2.05, 4.69) is 0 Å². The number of hydrogen-bond acceptors (Lipinski definition) is 4. The van der Waals surface area contributed by atoms with E-state index in [-0.39, 0.29) is 33.1 Å². The molecule has 0 radical (unpaired) electrons. The zero-order valence-corrected chi connectivity index (χ0v) is 13.5. The second-order valence-corrected chi connectivity index (χ2v) is 5.85. The molecule has 2 heterocycles. The first kappa shape index (κ1) is 15.1. The van der Waals surface area contributed by atoms with Crippen LogP contribution in [0.1, 0.15) is 20.7 Å². The highest BCUT2D eigenvalue weighted by Gasteiger charge is 2.37. The number of hydrogen-bond donors (Lipinski definition) is 0. The van der Waals surface area contributed by atoms with Crippen molar-refractivity contribution >= 4 is 28.3 Å². The molecule has 0 fully saturated rings. The largest absolute Gasteiger partial charge is 0.275 e. The zero-order chi connectivity index (χ0) is 17.9. The molecule has 2 aromatic carbocycles. The molecule has 0 N–H and O–H groups in total. The van der Waals surface area contributed by atoms with Crippen LogP contribution in [0.3, 0.4) is 0 Å². The van der Waals surface area contributed by atoms with Crippen molar-refractivity contribution < 1.29 is 9.59 Å². The number of benzene rings is 2. The Morgan fingerprint density at radius 3 is 1.84 bits per heavy atom. The molecule has 0 saturated carbocycles. The molecule has 124 valence electrons. The van der Waals surface area contributed by atoms with Crippen LogP contribution < -0.4 is 16.0 Å². The summed E-state index contributed by atoms with van der Waals surface area (Å²) in [6.07, 6.45) is 0. The van der Waals surface area contributed by atoms with E-state index in [9.17, 15) is 19.2 Å². The Morgan fingerprint density at radius 2 is 1.24 bits per heavy atom. The summed E-state index contributed by atoms with van der Waals surface area (Å²) in [5.41, 5.74) is -0.142. The molecule has 2 amide bonds. The Kier molecular flexibility index (Phi) is 3.02. The molecule has 0 aliphatic carbocycles. The number of aromatic nitrogens is 2. The second kappa shape index (κ2) is 5.01. The number of imide groups is 1. The number of nitrogens with zero attached hydrogens (tertiary/aromatic N) is 3. The average molecular weight is 335 g/mol. The van der Waals surface area contributed by atoms with Gasteiger partial charge in [-0.1, -0.05) is 18.2 Å². The summed E-state index contributed by atoms with van der Waals surface area (Å²) in [4.78, 5) is 51.6. The molecule has 0 unspecified atom stereocenters. The zero-order valence-electron chi connectivity index (χ0n) is 13.5. The lowest BCUT2D eigenvalue weighted by Gasteiger charge is -2.17. The molecule has 0 bridgehead atoms. The van der Waals surface area contributed by atoms with Crippen LogP contribution in [0.2, 0.25) is 0 Å². The van der Waals surface area contributed by atoms with Crippen LogP contribution in [0.4, 0.5) is 5.69 Å². The van der Waals surface area contributed by atoms with Gasteiger partial charge in [-0.05, 0) is 24.3 Å². The van der Waals surface area contributed by atoms with E-state index < -0.39 is 17.4 Å². The fourth-order valence-corrected chi connectivity index (χ4v) is 3.15. The van der Waals surface area contributed by atoms with Crippen LogP contribution in [0.25, 0.3) is 10.8 Å². The van der Waals surface area contributed by atoms with Crippen molar-refractivity contribution in [1.29, 1.82) is 0 Å². The molecule has 0 spiro atoms. The summed E-state index contributed by atoms with van der Waals surface area (Å²) >= 11 is 0. The minimum atomic E-state index is -0.504. The topological polar surface area (TPSA) is 81.4 Å². The minimum absolute atomic E-state index is 0.0580. The van der Waals surface area contributed by atoms with E-state index in [1.165, 1.54) is 30.9 Å². The molecule has 7 heteroatoms. The van der Waals surface area contributed by atoms with E-state index in [4.69, 9.17) is 0 Å². The molecule has 3 aromatic rings. The number of rotatable bonds is 1. The van der Waals surface area contributed by atoms with Crippen LogP contribution >= 0.6 is 0 Å². The third-order valence-corrected chi connectivity index (χ3v) is 4.56. The molecule has 1 aromatic heterocycles. The van der Waals surface area contributed by atoms with Gasteiger partial charge in [0.1, 0.15) is 0 Å². The SMILES string of the molecule is Cn1c(=O)c2cccc(N3C(=O)c4ccccc4C3=O)c2c(=O)n1C. The predicted octanol–water partition coefficient (Wildman–Crippen LogP) is 1.04. The summed E-state index contributed by atoms with van der Waals surface area (Å²) in [6, 6.07) is 11.1. The number of amides is 2. The molecule has 7 nitrogen and oxygen atoms in total. The highest BCUT2D eigenvalue weighted by molar-refractivity contribution is 6.35. The number of fused-ring (bicyclic) bond motifs is 2. The van der Waals surface area contributed by atoms with Gasteiger partial charge in [0.05, 0.1) is 27.6 Å². The predicted molar refractivity (Wildman–Crippen MR) is 92.0 cm³/mol. The van der Waals surface area contributed by atoms with Crippen molar-refractivity contribution in [3.63, 3.8) is 0 Å². The summed E-state index contributed by atoms with van der Waals surface area (Å²) in [7, 11) is 2.94. The van der Waals surface area contributed by atoms with Gasteiger partial charge >= 0.3 is 0 Å². The monoisotopic (exact) mass is 335 g/mol. The van der Waals surface area contributed by atoms with Gasteiger partial charge in [-0.15, -0.1) is 0 Å². The molecule has 4 rings (SSSR count). The Labute approximate surface area is 141 Å². The Balaban J connectivity index is 2.08. The molecular weight excluding hydrogens is 322 g/mol. The molecule has 25 heavy (non-hydrogen) atoms. The first-order valence-electron chi connectivity index (χ1n) is 7.60. The van der Waals surface area contributed by atoms with E-state index in [0.717, 1.165) is 9.58 Å². The van der Waals surface area contributed by atoms with Crippen LogP contribution in [-0.2, 0) is 14.1 Å². The average Bonchev–Trinajstić information content (AvgIpc) is 2.88. The van der Waals surface area contributed by atoms with Gasteiger partial charge in [0.2, 0.25) is 0 Å². The van der Waals surface area contributed by atoms with Gasteiger partial charge in [-0.2, -0.15) is 0 Å². The van der Waals surface area contributed by atoms with Crippen molar-refractivity contribution in [1.82, 2.24) is 9.36 Å². The smallest absolute Gasteiger partial charge is 0.268 e. The number of anilines is 1. The Morgan fingerprint density at radius 1 is 0.680 bits per heavy atom. The summed E-state index contributed by atoms with van der Waals surface area (Å²) in [5, 5.41) is 0.224. The standard InChI is InChI=1S/C18H13N3O4/c1-19-15(22)12-8-5-9-13(14(12)18(25)20(19)2)21-16(23)10-6-3-4-7-11(10)17(21)24/h3-9H,1-2H3. The molecule has 1 aliphatic rings. The summed E-state index contributed by atoms with van der Waals surface area (Å²) in [6.45, 7) is 0. The van der Waals surface area contributed by atoms with Gasteiger partial charge in [0.25, 0.3) is 22.9 Å². The second-order valence-electron chi connectivity index (χ2n) is 5.85. The van der Waals surface area contributed by atoms with Crippen molar-refractivity contribution in [2.75, 3.05) is 4.90 Å². The van der Waals surface area contributed by atoms with E-state index in [1.54, 1.807) is 30.3 Å². The fraction of sp³-hybridized carbons (Fsp3) is 0.111. The van der Waals surface area contributed by atoms with Gasteiger partial charge in [0, 0.05) is 14.1 Å². The highest BCUT2D eigenvalue weighted by Crippen LogP contribution is 2.31. The maximum absolute atomic E-state index is 12.7. The van der Waals surface area contributed by atoms with E-state index in [0.29, 0.717) is 0 Å². The quantitative estimate of drug-likeness (QED) is 0.622. The highest BCUT2D eigenvalue weighted by atomic mass is 16.2. The van der Waals surface area contributed by atoms with E-state index >= 15 is 0 Å². The third-order valence-electron chi connectivity index (χ3n) is 4.56. The van der Waals surface area contributed by atoms with Crippen molar-refractivity contribution in [2.45, 2.75) is 0 Å². The molecule has 0 atom stereocenters. The fourth-order valence-electron chi connectivity index (χ4n) is 3.15. The van der Waals surface area contributed by atoms with Crippen LogP contribution in [0, 0.1) is 0 Å². The molecule has 0 saturated heterocycles. The first-order chi connectivity index (χ1) is 11.9.